The minimum absolute atomic E-state index is 0.0619. The summed E-state index contributed by atoms with van der Waals surface area (Å²) in [6.07, 6.45) is 1.45. The van der Waals surface area contributed by atoms with Gasteiger partial charge in [0.05, 0.1) is 10.5 Å². The highest BCUT2D eigenvalue weighted by molar-refractivity contribution is 6.02. The minimum Gasteiger partial charge on any atom is -0.451 e. The molecule has 2 heterocycles. The van der Waals surface area contributed by atoms with Gasteiger partial charge in [-0.05, 0) is 61.4 Å². The highest BCUT2D eigenvalue weighted by atomic mass is 16.6. The number of carbonyl (C=O) groups is 2. The van der Waals surface area contributed by atoms with Crippen LogP contribution in [0, 0.1) is 17.0 Å². The lowest BCUT2D eigenvalue weighted by Crippen LogP contribution is -2.48. The maximum atomic E-state index is 12.7. The van der Waals surface area contributed by atoms with Crippen LogP contribution in [0.15, 0.2) is 59.0 Å². The number of rotatable bonds is 7. The predicted octanol–water partition coefficient (Wildman–Crippen LogP) is 4.86. The summed E-state index contributed by atoms with van der Waals surface area (Å²) in [5.74, 6) is 0.0886. The van der Waals surface area contributed by atoms with Gasteiger partial charge >= 0.3 is 0 Å². The molecule has 182 valence electrons. The van der Waals surface area contributed by atoms with Gasteiger partial charge in [0, 0.05) is 50.0 Å². The van der Waals surface area contributed by atoms with E-state index in [0.29, 0.717) is 30.8 Å². The number of aryl methyl sites for hydroxylation is 1. The first kappa shape index (κ1) is 24.0. The first-order chi connectivity index (χ1) is 16.9. The SMILES string of the molecule is CCCC(=O)N1CCN(c2ccc(NC(=O)c3ccc(-c4ccc(C)cc4[N+](=O)[O-])o3)cc2)CC1. The summed E-state index contributed by atoms with van der Waals surface area (Å²) in [5.41, 5.74) is 2.64. The van der Waals surface area contributed by atoms with Crippen LogP contribution in [0.5, 0.6) is 0 Å². The van der Waals surface area contributed by atoms with E-state index in [-0.39, 0.29) is 23.1 Å². The third kappa shape index (κ3) is 5.51. The number of piperazine rings is 1. The van der Waals surface area contributed by atoms with Gasteiger partial charge in [0.15, 0.2) is 5.76 Å². The average Bonchev–Trinajstić information content (AvgIpc) is 3.35. The number of nitrogens with one attached hydrogen (secondary N) is 1. The van der Waals surface area contributed by atoms with Crippen LogP contribution in [0.4, 0.5) is 17.1 Å². The van der Waals surface area contributed by atoms with Crippen LogP contribution >= 0.6 is 0 Å². The summed E-state index contributed by atoms with van der Waals surface area (Å²) in [5, 5.41) is 14.2. The Morgan fingerprint density at radius 2 is 1.74 bits per heavy atom. The Labute approximate surface area is 203 Å². The van der Waals surface area contributed by atoms with Crippen molar-refractivity contribution in [3.05, 3.63) is 76.0 Å². The Hall–Kier alpha value is -4.14. The van der Waals surface area contributed by atoms with E-state index in [2.05, 4.69) is 10.2 Å². The second-order valence-electron chi connectivity index (χ2n) is 8.56. The van der Waals surface area contributed by atoms with Crippen molar-refractivity contribution in [2.24, 2.45) is 0 Å². The molecule has 0 bridgehead atoms. The first-order valence-electron chi connectivity index (χ1n) is 11.6. The molecular weight excluding hydrogens is 448 g/mol. The van der Waals surface area contributed by atoms with E-state index in [4.69, 9.17) is 4.42 Å². The summed E-state index contributed by atoms with van der Waals surface area (Å²) in [6.45, 7) is 6.73. The maximum absolute atomic E-state index is 12.7. The van der Waals surface area contributed by atoms with Crippen LogP contribution < -0.4 is 10.2 Å². The van der Waals surface area contributed by atoms with Crippen LogP contribution in [-0.2, 0) is 4.79 Å². The number of nitro groups is 1. The Bertz CT molecular complexity index is 1230. The maximum Gasteiger partial charge on any atom is 0.291 e. The molecule has 1 aliphatic rings. The van der Waals surface area contributed by atoms with E-state index < -0.39 is 10.8 Å². The molecule has 1 aliphatic heterocycles. The van der Waals surface area contributed by atoms with Gasteiger partial charge in [0.25, 0.3) is 11.6 Å². The van der Waals surface area contributed by atoms with Crippen molar-refractivity contribution in [1.82, 2.24) is 4.90 Å². The second-order valence-corrected chi connectivity index (χ2v) is 8.56. The fourth-order valence-electron chi connectivity index (χ4n) is 4.14. The van der Waals surface area contributed by atoms with Crippen LogP contribution in [0.1, 0.15) is 35.9 Å². The molecule has 0 saturated carbocycles. The Morgan fingerprint density at radius 1 is 1.03 bits per heavy atom. The Kier molecular flexibility index (Phi) is 7.14. The van der Waals surface area contributed by atoms with E-state index in [1.807, 2.05) is 36.1 Å². The monoisotopic (exact) mass is 476 g/mol. The van der Waals surface area contributed by atoms with E-state index in [1.54, 1.807) is 25.1 Å². The number of nitro benzene ring substituents is 1. The fourth-order valence-corrected chi connectivity index (χ4v) is 4.14. The van der Waals surface area contributed by atoms with Crippen LogP contribution in [0.2, 0.25) is 0 Å². The lowest BCUT2D eigenvalue weighted by Gasteiger charge is -2.36. The second kappa shape index (κ2) is 10.4. The molecule has 0 radical (unpaired) electrons. The molecule has 9 nitrogen and oxygen atoms in total. The number of hydrogen-bond donors (Lipinski definition) is 1. The standard InChI is InChI=1S/C26H28N4O5/c1-3-4-25(31)29-15-13-28(14-16-29)20-8-6-19(7-9-20)27-26(32)24-12-11-23(35-24)21-10-5-18(2)17-22(21)30(33)34/h5-12,17H,3-4,13-16H2,1-2H3,(H,27,32). The zero-order chi connectivity index (χ0) is 24.9. The average molecular weight is 477 g/mol. The quantitative estimate of drug-likeness (QED) is 0.385. The lowest BCUT2D eigenvalue weighted by atomic mass is 10.1. The number of furan rings is 1. The van der Waals surface area contributed by atoms with Gasteiger partial charge in [-0.15, -0.1) is 0 Å². The number of hydrogen-bond acceptors (Lipinski definition) is 6. The van der Waals surface area contributed by atoms with Crippen molar-refractivity contribution < 1.29 is 18.9 Å². The minimum atomic E-state index is -0.463. The third-order valence-electron chi connectivity index (χ3n) is 6.03. The van der Waals surface area contributed by atoms with Crippen molar-refractivity contribution >= 4 is 28.9 Å². The molecule has 0 aliphatic carbocycles. The molecule has 1 saturated heterocycles. The predicted molar refractivity (Wildman–Crippen MR) is 134 cm³/mol. The van der Waals surface area contributed by atoms with Gasteiger partial charge in [-0.25, -0.2) is 0 Å². The molecule has 0 spiro atoms. The summed E-state index contributed by atoms with van der Waals surface area (Å²) in [7, 11) is 0. The summed E-state index contributed by atoms with van der Waals surface area (Å²) in [4.78, 5) is 39.8. The number of benzene rings is 2. The molecule has 2 amide bonds. The number of anilines is 2. The molecule has 1 aromatic heterocycles. The normalized spacial score (nSPS) is 13.5. The Morgan fingerprint density at radius 3 is 2.40 bits per heavy atom. The van der Waals surface area contributed by atoms with Crippen molar-refractivity contribution in [3.63, 3.8) is 0 Å². The van der Waals surface area contributed by atoms with E-state index in [0.717, 1.165) is 30.8 Å². The third-order valence-corrected chi connectivity index (χ3v) is 6.03. The fraction of sp³-hybridized carbons (Fsp3) is 0.308. The molecule has 9 heteroatoms. The number of nitrogens with zero attached hydrogens (tertiary/aromatic N) is 3. The molecule has 2 aromatic carbocycles. The van der Waals surface area contributed by atoms with Gasteiger partial charge in [-0.3, -0.25) is 19.7 Å². The molecule has 0 atom stereocenters. The zero-order valence-electron chi connectivity index (χ0n) is 19.8. The molecule has 0 unspecified atom stereocenters. The smallest absolute Gasteiger partial charge is 0.291 e. The molecule has 1 fully saturated rings. The van der Waals surface area contributed by atoms with Crippen molar-refractivity contribution in [3.8, 4) is 11.3 Å². The Balaban J connectivity index is 1.38. The highest BCUT2D eigenvalue weighted by Crippen LogP contribution is 2.32. The van der Waals surface area contributed by atoms with E-state index in [1.165, 1.54) is 12.1 Å². The van der Waals surface area contributed by atoms with Gasteiger partial charge < -0.3 is 19.5 Å². The topological polar surface area (TPSA) is 109 Å². The molecule has 4 rings (SSSR count). The van der Waals surface area contributed by atoms with Gasteiger partial charge in [0.2, 0.25) is 5.91 Å². The van der Waals surface area contributed by atoms with Crippen LogP contribution in [0.25, 0.3) is 11.3 Å². The zero-order valence-corrected chi connectivity index (χ0v) is 19.8. The van der Waals surface area contributed by atoms with Crippen LogP contribution in [0.3, 0.4) is 0 Å². The van der Waals surface area contributed by atoms with Gasteiger partial charge in [0.1, 0.15) is 5.76 Å². The first-order valence-corrected chi connectivity index (χ1v) is 11.6. The van der Waals surface area contributed by atoms with Gasteiger partial charge in [-0.2, -0.15) is 0 Å². The van der Waals surface area contributed by atoms with E-state index >= 15 is 0 Å². The number of amides is 2. The molecule has 1 N–H and O–H groups in total. The van der Waals surface area contributed by atoms with Crippen LogP contribution in [-0.4, -0.2) is 47.8 Å². The molecule has 3 aromatic rings. The lowest BCUT2D eigenvalue weighted by molar-refractivity contribution is -0.384. The van der Waals surface area contributed by atoms with Crippen molar-refractivity contribution in [2.75, 3.05) is 36.4 Å². The van der Waals surface area contributed by atoms with E-state index in [9.17, 15) is 19.7 Å². The molecular formula is C26H28N4O5. The van der Waals surface area contributed by atoms with Gasteiger partial charge in [-0.1, -0.05) is 13.0 Å². The van der Waals surface area contributed by atoms with Crippen molar-refractivity contribution in [2.45, 2.75) is 26.7 Å². The number of carbonyl (C=O) groups excluding carboxylic acids is 2. The van der Waals surface area contributed by atoms with Crippen molar-refractivity contribution in [1.29, 1.82) is 0 Å². The summed E-state index contributed by atoms with van der Waals surface area (Å²) in [6, 6.07) is 15.4. The summed E-state index contributed by atoms with van der Waals surface area (Å²) >= 11 is 0. The highest BCUT2D eigenvalue weighted by Gasteiger charge is 2.22. The largest absolute Gasteiger partial charge is 0.451 e. The molecule has 35 heavy (non-hydrogen) atoms. The summed E-state index contributed by atoms with van der Waals surface area (Å²) < 4.78 is 5.64.